The SMILES string of the molecule is CCNCc1cc(S(=O)(=O)Nc2ccc(I)cc2)c(Br)s1. The lowest BCUT2D eigenvalue weighted by molar-refractivity contribution is 0.601. The molecule has 0 atom stereocenters. The van der Waals surface area contributed by atoms with Gasteiger partial charge in [0.05, 0.1) is 3.79 Å². The summed E-state index contributed by atoms with van der Waals surface area (Å²) in [4.78, 5) is 1.26. The van der Waals surface area contributed by atoms with Crippen LogP contribution < -0.4 is 10.0 Å². The number of nitrogens with one attached hydrogen (secondary N) is 2. The summed E-state index contributed by atoms with van der Waals surface area (Å²) in [6, 6.07) is 8.92. The van der Waals surface area contributed by atoms with E-state index in [9.17, 15) is 8.42 Å². The minimum Gasteiger partial charge on any atom is -0.312 e. The van der Waals surface area contributed by atoms with Crippen molar-refractivity contribution in [1.82, 2.24) is 5.32 Å². The van der Waals surface area contributed by atoms with Gasteiger partial charge in [0.1, 0.15) is 4.90 Å². The van der Waals surface area contributed by atoms with Crippen molar-refractivity contribution in [2.75, 3.05) is 11.3 Å². The van der Waals surface area contributed by atoms with Gasteiger partial charge >= 0.3 is 0 Å². The zero-order chi connectivity index (χ0) is 15.5. The number of hydrogen-bond donors (Lipinski definition) is 2. The van der Waals surface area contributed by atoms with Crippen molar-refractivity contribution in [2.24, 2.45) is 0 Å². The van der Waals surface area contributed by atoms with Gasteiger partial charge in [0, 0.05) is 20.7 Å². The predicted octanol–water partition coefficient (Wildman–Crippen LogP) is 4.03. The van der Waals surface area contributed by atoms with Gasteiger partial charge in [-0.15, -0.1) is 11.3 Å². The molecule has 1 aromatic carbocycles. The number of anilines is 1. The molecule has 0 aliphatic rings. The highest BCUT2D eigenvalue weighted by Gasteiger charge is 2.21. The monoisotopic (exact) mass is 500 g/mol. The van der Waals surface area contributed by atoms with Crippen LogP contribution in [-0.2, 0) is 16.6 Å². The van der Waals surface area contributed by atoms with Gasteiger partial charge in [-0.2, -0.15) is 0 Å². The maximum Gasteiger partial charge on any atom is 0.263 e. The van der Waals surface area contributed by atoms with Crippen molar-refractivity contribution in [3.05, 3.63) is 42.6 Å². The molecule has 1 heterocycles. The van der Waals surface area contributed by atoms with E-state index in [1.165, 1.54) is 11.3 Å². The molecule has 2 rings (SSSR count). The van der Waals surface area contributed by atoms with Gasteiger partial charge < -0.3 is 5.32 Å². The largest absolute Gasteiger partial charge is 0.312 e. The average molecular weight is 501 g/mol. The molecule has 0 fully saturated rings. The summed E-state index contributed by atoms with van der Waals surface area (Å²) in [6.07, 6.45) is 0. The minimum absolute atomic E-state index is 0.277. The van der Waals surface area contributed by atoms with E-state index in [1.54, 1.807) is 18.2 Å². The van der Waals surface area contributed by atoms with Gasteiger partial charge in [-0.3, -0.25) is 4.72 Å². The molecule has 0 bridgehead atoms. The van der Waals surface area contributed by atoms with Crippen LogP contribution in [0.25, 0.3) is 0 Å². The number of sulfonamides is 1. The highest BCUT2D eigenvalue weighted by molar-refractivity contribution is 14.1. The van der Waals surface area contributed by atoms with E-state index in [2.05, 4.69) is 48.6 Å². The first kappa shape index (κ1) is 17.2. The van der Waals surface area contributed by atoms with Gasteiger partial charge in [-0.1, -0.05) is 6.92 Å². The van der Waals surface area contributed by atoms with Crippen LogP contribution in [0.1, 0.15) is 11.8 Å². The molecule has 0 unspecified atom stereocenters. The molecule has 114 valence electrons. The molecule has 0 radical (unpaired) electrons. The number of halogens is 2. The van der Waals surface area contributed by atoms with Crippen LogP contribution in [0.15, 0.2) is 39.0 Å². The molecular formula is C13H14BrIN2O2S2. The lowest BCUT2D eigenvalue weighted by Crippen LogP contribution is -2.13. The standard InChI is InChI=1S/C13H14BrIN2O2S2/c1-2-16-8-11-7-12(13(14)20-11)21(18,19)17-10-5-3-9(15)4-6-10/h3-7,16-17H,2,8H2,1H3. The molecule has 2 aromatic rings. The number of hydrogen-bond acceptors (Lipinski definition) is 4. The molecule has 4 nitrogen and oxygen atoms in total. The Kier molecular flexibility index (Phi) is 6.06. The zero-order valence-electron chi connectivity index (χ0n) is 11.2. The Morgan fingerprint density at radius 1 is 1.29 bits per heavy atom. The van der Waals surface area contributed by atoms with Gasteiger partial charge in [0.2, 0.25) is 0 Å². The minimum atomic E-state index is -3.58. The van der Waals surface area contributed by atoms with E-state index in [-0.39, 0.29) is 4.90 Å². The quantitative estimate of drug-likeness (QED) is 0.589. The maximum absolute atomic E-state index is 12.4. The Morgan fingerprint density at radius 3 is 2.57 bits per heavy atom. The highest BCUT2D eigenvalue weighted by atomic mass is 127. The Hall–Kier alpha value is -0.160. The molecule has 0 aliphatic carbocycles. The van der Waals surface area contributed by atoms with Crippen molar-refractivity contribution in [3.63, 3.8) is 0 Å². The fourth-order valence-corrected chi connectivity index (χ4v) is 5.72. The third-order valence-electron chi connectivity index (χ3n) is 2.64. The average Bonchev–Trinajstić information content (AvgIpc) is 2.81. The van der Waals surface area contributed by atoms with Gasteiger partial charge in [-0.25, -0.2) is 8.42 Å². The lowest BCUT2D eigenvalue weighted by atomic mass is 10.3. The lowest BCUT2D eigenvalue weighted by Gasteiger charge is -2.07. The van der Waals surface area contributed by atoms with Crippen LogP contribution in [0.3, 0.4) is 0 Å². The normalized spacial score (nSPS) is 11.6. The molecule has 2 N–H and O–H groups in total. The number of rotatable bonds is 6. The molecule has 0 saturated heterocycles. The molecule has 8 heteroatoms. The Bertz CT molecular complexity index is 714. The van der Waals surface area contributed by atoms with Gasteiger partial charge in [-0.05, 0) is 75.4 Å². The predicted molar refractivity (Wildman–Crippen MR) is 99.4 cm³/mol. The molecule has 0 amide bonds. The summed E-state index contributed by atoms with van der Waals surface area (Å²) in [7, 11) is -3.58. The first-order chi connectivity index (χ1) is 9.92. The Morgan fingerprint density at radius 2 is 1.95 bits per heavy atom. The second-order valence-electron chi connectivity index (χ2n) is 4.24. The summed E-state index contributed by atoms with van der Waals surface area (Å²) in [5.74, 6) is 0. The summed E-state index contributed by atoms with van der Waals surface area (Å²) in [5.41, 5.74) is 0.557. The van der Waals surface area contributed by atoms with E-state index in [0.717, 1.165) is 15.0 Å². The topological polar surface area (TPSA) is 58.2 Å². The first-order valence-corrected chi connectivity index (χ1v) is 10.4. The smallest absolute Gasteiger partial charge is 0.263 e. The summed E-state index contributed by atoms with van der Waals surface area (Å²) in [6.45, 7) is 3.52. The van der Waals surface area contributed by atoms with Crippen molar-refractivity contribution in [2.45, 2.75) is 18.4 Å². The van der Waals surface area contributed by atoms with E-state index in [4.69, 9.17) is 0 Å². The van der Waals surface area contributed by atoms with Crippen molar-refractivity contribution < 1.29 is 8.42 Å². The Balaban J connectivity index is 2.22. The van der Waals surface area contributed by atoms with Crippen LogP contribution in [0.4, 0.5) is 5.69 Å². The fourth-order valence-electron chi connectivity index (χ4n) is 1.64. The molecule has 21 heavy (non-hydrogen) atoms. The number of benzene rings is 1. The molecular weight excluding hydrogens is 487 g/mol. The maximum atomic E-state index is 12.4. The van der Waals surface area contributed by atoms with Crippen LogP contribution in [0.2, 0.25) is 0 Å². The first-order valence-electron chi connectivity index (χ1n) is 6.19. The summed E-state index contributed by atoms with van der Waals surface area (Å²) >= 11 is 6.94. The zero-order valence-corrected chi connectivity index (χ0v) is 16.6. The third kappa shape index (κ3) is 4.65. The van der Waals surface area contributed by atoms with Crippen LogP contribution >= 0.6 is 49.9 Å². The fraction of sp³-hybridized carbons (Fsp3) is 0.231. The molecule has 0 aliphatic heterocycles. The number of thiophene rings is 1. The highest BCUT2D eigenvalue weighted by Crippen LogP contribution is 2.32. The molecule has 0 spiro atoms. The third-order valence-corrected chi connectivity index (χ3v) is 6.99. The molecule has 1 aromatic heterocycles. The van der Waals surface area contributed by atoms with Crippen molar-refractivity contribution in [3.8, 4) is 0 Å². The second kappa shape index (κ2) is 7.40. The van der Waals surface area contributed by atoms with E-state index < -0.39 is 10.0 Å². The van der Waals surface area contributed by atoms with Crippen LogP contribution in [0, 0.1) is 3.57 Å². The summed E-state index contributed by atoms with van der Waals surface area (Å²) < 4.78 is 29.1. The van der Waals surface area contributed by atoms with Crippen molar-refractivity contribution >= 4 is 65.6 Å². The summed E-state index contributed by atoms with van der Waals surface area (Å²) in [5, 5.41) is 3.19. The van der Waals surface area contributed by atoms with E-state index >= 15 is 0 Å². The second-order valence-corrected chi connectivity index (χ2v) is 9.59. The Labute approximate surface area is 150 Å². The van der Waals surface area contributed by atoms with E-state index in [1.807, 2.05) is 19.1 Å². The van der Waals surface area contributed by atoms with Crippen LogP contribution in [0.5, 0.6) is 0 Å². The van der Waals surface area contributed by atoms with Gasteiger partial charge in [0.25, 0.3) is 10.0 Å². The van der Waals surface area contributed by atoms with Gasteiger partial charge in [0.15, 0.2) is 0 Å². The van der Waals surface area contributed by atoms with Crippen molar-refractivity contribution in [1.29, 1.82) is 0 Å². The van der Waals surface area contributed by atoms with Crippen LogP contribution in [-0.4, -0.2) is 15.0 Å². The van der Waals surface area contributed by atoms with E-state index in [0.29, 0.717) is 16.0 Å². The molecule has 0 saturated carbocycles.